The molecule has 78 valence electrons. The molecule has 0 radical (unpaired) electrons. The van der Waals surface area contributed by atoms with E-state index >= 15 is 0 Å². The van der Waals surface area contributed by atoms with Gasteiger partial charge < -0.3 is 5.11 Å². The van der Waals surface area contributed by atoms with Crippen molar-refractivity contribution in [2.24, 2.45) is 0 Å². The summed E-state index contributed by atoms with van der Waals surface area (Å²) in [6, 6.07) is 7.14. The fraction of sp³-hybridized carbons (Fsp3) is 0.400. The number of benzene rings is 1. The van der Waals surface area contributed by atoms with Gasteiger partial charge >= 0.3 is 0 Å². The molecule has 1 rings (SSSR count). The van der Waals surface area contributed by atoms with E-state index in [0.29, 0.717) is 5.56 Å². The van der Waals surface area contributed by atoms with Crippen LogP contribution in [0.1, 0.15) is 16.4 Å². The van der Waals surface area contributed by atoms with Crippen LogP contribution in [0.3, 0.4) is 0 Å². The Labute approximate surface area is 84.3 Å². The van der Waals surface area contributed by atoms with Crippen LogP contribution < -0.4 is 0 Å². The van der Waals surface area contributed by atoms with Crippen LogP contribution in [0.5, 0.6) is 0 Å². The predicted octanol–water partition coefficient (Wildman–Crippen LogP) is 1.07. The molecule has 4 heteroatoms. The van der Waals surface area contributed by atoms with E-state index in [0.717, 1.165) is 11.8 Å². The molecule has 3 nitrogen and oxygen atoms in total. The van der Waals surface area contributed by atoms with Crippen LogP contribution in [0, 0.1) is 6.92 Å². The molecule has 1 unspecified atom stereocenters. The van der Waals surface area contributed by atoms with Crippen molar-refractivity contribution in [3.05, 3.63) is 35.4 Å². The lowest BCUT2D eigenvalue weighted by Gasteiger charge is -2.12. The molecule has 0 saturated heterocycles. The highest BCUT2D eigenvalue weighted by Gasteiger charge is 2.21. The second kappa shape index (κ2) is 4.11. The summed E-state index contributed by atoms with van der Waals surface area (Å²) in [6.07, 6.45) is 1.13. The topological polar surface area (TPSA) is 54.4 Å². The van der Waals surface area contributed by atoms with Crippen LogP contribution in [0.15, 0.2) is 24.3 Å². The van der Waals surface area contributed by atoms with Crippen molar-refractivity contribution in [1.29, 1.82) is 0 Å². The van der Waals surface area contributed by atoms with Crippen molar-refractivity contribution >= 4 is 9.84 Å². The summed E-state index contributed by atoms with van der Waals surface area (Å²) < 4.78 is 22.6. The summed E-state index contributed by atoms with van der Waals surface area (Å²) in [5.74, 6) is 0. The van der Waals surface area contributed by atoms with Gasteiger partial charge in [-0.25, -0.2) is 8.42 Å². The fourth-order valence-corrected chi connectivity index (χ4v) is 2.19. The molecule has 1 aromatic carbocycles. The Balaban J connectivity index is 3.08. The highest BCUT2D eigenvalue weighted by atomic mass is 32.2. The normalized spacial score (nSPS) is 13.9. The van der Waals surface area contributed by atoms with E-state index in [1.807, 2.05) is 19.1 Å². The van der Waals surface area contributed by atoms with Gasteiger partial charge in [-0.3, -0.25) is 0 Å². The highest BCUT2D eigenvalue weighted by Crippen LogP contribution is 2.21. The molecule has 0 bridgehead atoms. The maximum Gasteiger partial charge on any atom is 0.156 e. The van der Waals surface area contributed by atoms with Gasteiger partial charge in [0.15, 0.2) is 9.84 Å². The smallest absolute Gasteiger partial charge is 0.156 e. The number of aliphatic hydroxyl groups is 1. The molecule has 0 aliphatic rings. The molecule has 0 fully saturated rings. The summed E-state index contributed by atoms with van der Waals surface area (Å²) in [4.78, 5) is 0. The standard InChI is InChI=1S/C10H14O3S/c1-8-3-5-9(6-4-8)10(7-11)14(2,12)13/h3-6,10-11H,7H2,1-2H3. The van der Waals surface area contributed by atoms with Crippen LogP contribution in [0.25, 0.3) is 0 Å². The van der Waals surface area contributed by atoms with Gasteiger partial charge in [0.1, 0.15) is 5.25 Å². The van der Waals surface area contributed by atoms with Gasteiger partial charge in [0.25, 0.3) is 0 Å². The first kappa shape index (κ1) is 11.2. The number of hydrogen-bond acceptors (Lipinski definition) is 3. The van der Waals surface area contributed by atoms with Crippen LogP contribution in [-0.4, -0.2) is 26.4 Å². The zero-order valence-electron chi connectivity index (χ0n) is 8.27. The summed E-state index contributed by atoms with van der Waals surface area (Å²) in [5.41, 5.74) is 1.71. The molecule has 1 atom stereocenters. The van der Waals surface area contributed by atoms with E-state index in [1.165, 1.54) is 0 Å². The molecule has 0 heterocycles. The van der Waals surface area contributed by atoms with E-state index in [4.69, 9.17) is 5.11 Å². The van der Waals surface area contributed by atoms with Crippen LogP contribution >= 0.6 is 0 Å². The van der Waals surface area contributed by atoms with Crippen molar-refractivity contribution < 1.29 is 13.5 Å². The summed E-state index contributed by atoms with van der Waals surface area (Å²) in [6.45, 7) is 1.56. The van der Waals surface area contributed by atoms with Gasteiger partial charge in [0.05, 0.1) is 6.61 Å². The van der Waals surface area contributed by atoms with Gasteiger partial charge in [-0.15, -0.1) is 0 Å². The van der Waals surface area contributed by atoms with Crippen LogP contribution in [0.2, 0.25) is 0 Å². The van der Waals surface area contributed by atoms with E-state index < -0.39 is 15.1 Å². The molecule has 0 spiro atoms. The SMILES string of the molecule is Cc1ccc(C(CO)S(C)(=O)=O)cc1. The van der Waals surface area contributed by atoms with E-state index in [2.05, 4.69) is 0 Å². The highest BCUT2D eigenvalue weighted by molar-refractivity contribution is 7.90. The van der Waals surface area contributed by atoms with Crippen LogP contribution in [0.4, 0.5) is 0 Å². The minimum Gasteiger partial charge on any atom is -0.395 e. The Morgan fingerprint density at radius 3 is 2.14 bits per heavy atom. The Kier molecular flexibility index (Phi) is 3.29. The van der Waals surface area contributed by atoms with Crippen molar-refractivity contribution in [3.8, 4) is 0 Å². The third-order valence-corrected chi connectivity index (χ3v) is 3.59. The number of aliphatic hydroxyl groups excluding tert-OH is 1. The van der Waals surface area contributed by atoms with Crippen molar-refractivity contribution in [1.82, 2.24) is 0 Å². The Morgan fingerprint density at radius 2 is 1.79 bits per heavy atom. The van der Waals surface area contributed by atoms with Crippen molar-refractivity contribution in [3.63, 3.8) is 0 Å². The lowest BCUT2D eigenvalue weighted by molar-refractivity contribution is 0.292. The average Bonchev–Trinajstić information content (AvgIpc) is 2.07. The Hall–Kier alpha value is -0.870. The monoisotopic (exact) mass is 214 g/mol. The zero-order chi connectivity index (χ0) is 10.8. The molecule has 0 aromatic heterocycles. The molecule has 1 aromatic rings. The predicted molar refractivity (Wildman–Crippen MR) is 55.8 cm³/mol. The molecule has 0 aliphatic carbocycles. The van der Waals surface area contributed by atoms with Crippen molar-refractivity contribution in [2.45, 2.75) is 12.2 Å². The first-order chi connectivity index (χ1) is 6.45. The molecular formula is C10H14O3S. The van der Waals surface area contributed by atoms with Gasteiger partial charge in [-0.1, -0.05) is 29.8 Å². The van der Waals surface area contributed by atoms with E-state index in [1.54, 1.807) is 12.1 Å². The maximum absolute atomic E-state index is 11.3. The molecule has 0 aliphatic heterocycles. The zero-order valence-corrected chi connectivity index (χ0v) is 9.08. The number of sulfone groups is 1. The summed E-state index contributed by atoms with van der Waals surface area (Å²) in [5, 5.41) is 8.20. The lowest BCUT2D eigenvalue weighted by Crippen LogP contribution is -2.15. The van der Waals surface area contributed by atoms with Crippen molar-refractivity contribution in [2.75, 3.05) is 12.9 Å². The second-order valence-electron chi connectivity index (χ2n) is 3.41. The molecule has 0 amide bonds. The van der Waals surface area contributed by atoms with Gasteiger partial charge in [-0.2, -0.15) is 0 Å². The first-order valence-corrected chi connectivity index (χ1v) is 6.27. The number of aryl methyl sites for hydroxylation is 1. The average molecular weight is 214 g/mol. The van der Waals surface area contributed by atoms with E-state index in [9.17, 15) is 8.42 Å². The summed E-state index contributed by atoms with van der Waals surface area (Å²) >= 11 is 0. The number of rotatable bonds is 3. The summed E-state index contributed by atoms with van der Waals surface area (Å²) in [7, 11) is -3.23. The van der Waals surface area contributed by atoms with Gasteiger partial charge in [0.2, 0.25) is 0 Å². The number of hydrogen-bond donors (Lipinski definition) is 1. The largest absolute Gasteiger partial charge is 0.395 e. The quantitative estimate of drug-likeness (QED) is 0.819. The molecular weight excluding hydrogens is 200 g/mol. The Morgan fingerprint density at radius 1 is 1.29 bits per heavy atom. The lowest BCUT2D eigenvalue weighted by atomic mass is 10.1. The van der Waals surface area contributed by atoms with E-state index in [-0.39, 0.29) is 6.61 Å². The fourth-order valence-electron chi connectivity index (χ4n) is 1.27. The molecule has 1 N–H and O–H groups in total. The van der Waals surface area contributed by atoms with Crippen LogP contribution in [-0.2, 0) is 9.84 Å². The molecule has 0 saturated carbocycles. The first-order valence-electron chi connectivity index (χ1n) is 4.31. The third-order valence-electron chi connectivity index (χ3n) is 2.13. The van der Waals surface area contributed by atoms with Gasteiger partial charge in [0, 0.05) is 6.26 Å². The minimum absolute atomic E-state index is 0.373. The maximum atomic E-state index is 11.3. The second-order valence-corrected chi connectivity index (χ2v) is 5.64. The Bertz CT molecular complexity index is 392. The third kappa shape index (κ3) is 2.56. The molecule has 14 heavy (non-hydrogen) atoms. The minimum atomic E-state index is -3.23. The van der Waals surface area contributed by atoms with Gasteiger partial charge in [-0.05, 0) is 12.5 Å².